The Labute approximate surface area is 211 Å². The number of carbonyl (C=O) groups excluding carboxylic acids is 2. The van der Waals surface area contributed by atoms with Crippen LogP contribution in [0.5, 0.6) is 11.5 Å². The van der Waals surface area contributed by atoms with E-state index in [4.69, 9.17) is 9.47 Å². The van der Waals surface area contributed by atoms with Crippen molar-refractivity contribution in [3.8, 4) is 11.5 Å². The number of ether oxygens (including phenoxy) is 2. The van der Waals surface area contributed by atoms with Crippen LogP contribution in [-0.2, 0) is 16.1 Å². The molecule has 2 aromatic rings. The standard InChI is InChI=1S/C27H35BrN2O4/c1-18(2)21-11-14-25(24(28)15-21)34-17-26(31)30(16-20-9-12-23(33-4)13-10-20)19(3)27(32)29-22-7-5-6-8-22/h9-15,18-19,22H,5-8,16-17H2,1-4H3,(H,29,32)/t19-/m0/s1. The third-order valence-corrected chi connectivity index (χ3v) is 6.97. The summed E-state index contributed by atoms with van der Waals surface area (Å²) < 4.78 is 11.9. The van der Waals surface area contributed by atoms with Gasteiger partial charge in [-0.15, -0.1) is 0 Å². The van der Waals surface area contributed by atoms with Crippen LogP contribution in [0.4, 0.5) is 0 Å². The fourth-order valence-corrected chi connectivity index (χ4v) is 4.63. The van der Waals surface area contributed by atoms with Crippen molar-refractivity contribution in [1.82, 2.24) is 10.2 Å². The number of hydrogen-bond donors (Lipinski definition) is 1. The van der Waals surface area contributed by atoms with Gasteiger partial charge in [0.2, 0.25) is 5.91 Å². The third-order valence-electron chi connectivity index (χ3n) is 6.35. The van der Waals surface area contributed by atoms with Gasteiger partial charge >= 0.3 is 0 Å². The highest BCUT2D eigenvalue weighted by atomic mass is 79.9. The minimum atomic E-state index is -0.620. The van der Waals surface area contributed by atoms with Crippen LogP contribution in [0.25, 0.3) is 0 Å². The number of amides is 2. The second kappa shape index (κ2) is 12.2. The van der Waals surface area contributed by atoms with Crippen molar-refractivity contribution in [2.24, 2.45) is 0 Å². The first-order valence-electron chi connectivity index (χ1n) is 11.9. The van der Waals surface area contributed by atoms with Crippen LogP contribution < -0.4 is 14.8 Å². The molecular formula is C27H35BrN2O4. The lowest BCUT2D eigenvalue weighted by Crippen LogP contribution is -2.50. The third kappa shape index (κ3) is 6.98. The topological polar surface area (TPSA) is 67.9 Å². The normalized spacial score (nSPS) is 14.6. The number of hydrogen-bond acceptors (Lipinski definition) is 4. The zero-order chi connectivity index (χ0) is 24.7. The second-order valence-electron chi connectivity index (χ2n) is 9.17. The van der Waals surface area contributed by atoms with E-state index in [1.54, 1.807) is 18.9 Å². The first-order valence-corrected chi connectivity index (χ1v) is 12.7. The van der Waals surface area contributed by atoms with E-state index >= 15 is 0 Å². The van der Waals surface area contributed by atoms with E-state index in [2.05, 4.69) is 35.1 Å². The summed E-state index contributed by atoms with van der Waals surface area (Å²) >= 11 is 3.55. The first kappa shape index (κ1) is 26.1. The fourth-order valence-electron chi connectivity index (χ4n) is 4.12. The lowest BCUT2D eigenvalue weighted by atomic mass is 10.0. The molecule has 2 aromatic carbocycles. The Morgan fingerprint density at radius 2 is 1.76 bits per heavy atom. The van der Waals surface area contributed by atoms with Gasteiger partial charge < -0.3 is 19.7 Å². The summed E-state index contributed by atoms with van der Waals surface area (Å²) in [4.78, 5) is 27.9. The molecule has 1 saturated carbocycles. The summed E-state index contributed by atoms with van der Waals surface area (Å²) in [5.41, 5.74) is 2.10. The Morgan fingerprint density at radius 1 is 1.09 bits per heavy atom. The smallest absolute Gasteiger partial charge is 0.261 e. The molecule has 0 saturated heterocycles. The van der Waals surface area contributed by atoms with E-state index in [1.165, 1.54) is 5.56 Å². The van der Waals surface area contributed by atoms with Gasteiger partial charge in [0.15, 0.2) is 6.61 Å². The first-order chi connectivity index (χ1) is 16.3. The minimum absolute atomic E-state index is 0.128. The number of carbonyl (C=O) groups is 2. The van der Waals surface area contributed by atoms with Gasteiger partial charge in [-0.2, -0.15) is 0 Å². The summed E-state index contributed by atoms with van der Waals surface area (Å²) in [5.74, 6) is 1.36. The van der Waals surface area contributed by atoms with Gasteiger partial charge in [0.25, 0.3) is 5.91 Å². The molecule has 1 N–H and O–H groups in total. The highest BCUT2D eigenvalue weighted by molar-refractivity contribution is 9.10. The van der Waals surface area contributed by atoms with Crippen LogP contribution in [0, 0.1) is 0 Å². The largest absolute Gasteiger partial charge is 0.497 e. The van der Waals surface area contributed by atoms with Crippen molar-refractivity contribution in [2.45, 2.75) is 71.0 Å². The van der Waals surface area contributed by atoms with Gasteiger partial charge in [0, 0.05) is 12.6 Å². The Bertz CT molecular complexity index is 971. The minimum Gasteiger partial charge on any atom is -0.497 e. The molecule has 0 spiro atoms. The highest BCUT2D eigenvalue weighted by Gasteiger charge is 2.29. The summed E-state index contributed by atoms with van der Waals surface area (Å²) in [7, 11) is 1.61. The van der Waals surface area contributed by atoms with E-state index in [1.807, 2.05) is 42.5 Å². The highest BCUT2D eigenvalue weighted by Crippen LogP contribution is 2.29. The molecule has 1 aliphatic rings. The van der Waals surface area contributed by atoms with Gasteiger partial charge in [0.05, 0.1) is 11.6 Å². The van der Waals surface area contributed by atoms with Crippen molar-refractivity contribution in [3.63, 3.8) is 0 Å². The van der Waals surface area contributed by atoms with Gasteiger partial charge in [-0.25, -0.2) is 0 Å². The molecule has 0 heterocycles. The van der Waals surface area contributed by atoms with Crippen LogP contribution in [0.1, 0.15) is 63.5 Å². The monoisotopic (exact) mass is 530 g/mol. The fraction of sp³-hybridized carbons (Fsp3) is 0.481. The van der Waals surface area contributed by atoms with Crippen molar-refractivity contribution in [3.05, 3.63) is 58.1 Å². The quantitative estimate of drug-likeness (QED) is 0.444. The molecule has 1 fully saturated rings. The Kier molecular flexibility index (Phi) is 9.39. The van der Waals surface area contributed by atoms with Crippen LogP contribution in [0.2, 0.25) is 0 Å². The molecule has 0 unspecified atom stereocenters. The van der Waals surface area contributed by atoms with E-state index in [0.29, 0.717) is 18.2 Å². The molecule has 6 nitrogen and oxygen atoms in total. The second-order valence-corrected chi connectivity index (χ2v) is 10.0. The summed E-state index contributed by atoms with van der Waals surface area (Å²) in [6.07, 6.45) is 4.25. The number of benzene rings is 2. The van der Waals surface area contributed by atoms with Crippen molar-refractivity contribution in [1.29, 1.82) is 0 Å². The average molecular weight is 531 g/mol. The molecular weight excluding hydrogens is 496 g/mol. The van der Waals surface area contributed by atoms with Crippen LogP contribution >= 0.6 is 15.9 Å². The zero-order valence-corrected chi connectivity index (χ0v) is 22.1. The predicted octanol–water partition coefficient (Wildman–Crippen LogP) is 5.44. The number of methoxy groups -OCH3 is 1. The van der Waals surface area contributed by atoms with Crippen molar-refractivity contribution < 1.29 is 19.1 Å². The van der Waals surface area contributed by atoms with Crippen molar-refractivity contribution in [2.75, 3.05) is 13.7 Å². The average Bonchev–Trinajstić information content (AvgIpc) is 3.34. The number of rotatable bonds is 10. The molecule has 0 aliphatic heterocycles. The number of nitrogens with one attached hydrogen (secondary N) is 1. The maximum absolute atomic E-state index is 13.3. The van der Waals surface area contributed by atoms with Gasteiger partial charge in [-0.1, -0.05) is 44.9 Å². The van der Waals surface area contributed by atoms with Gasteiger partial charge in [-0.3, -0.25) is 9.59 Å². The number of halogens is 1. The van der Waals surface area contributed by atoms with E-state index in [0.717, 1.165) is 41.5 Å². The van der Waals surface area contributed by atoms with Crippen LogP contribution in [-0.4, -0.2) is 42.5 Å². The summed E-state index contributed by atoms with van der Waals surface area (Å²) in [5, 5.41) is 3.12. The molecule has 7 heteroatoms. The Hall–Kier alpha value is -2.54. The molecule has 2 amide bonds. The van der Waals surface area contributed by atoms with Crippen molar-refractivity contribution >= 4 is 27.7 Å². The Morgan fingerprint density at radius 3 is 2.35 bits per heavy atom. The van der Waals surface area contributed by atoms with Gasteiger partial charge in [-0.05, 0) is 77.0 Å². The van der Waals surface area contributed by atoms with Crippen LogP contribution in [0.15, 0.2) is 46.9 Å². The van der Waals surface area contributed by atoms with E-state index < -0.39 is 6.04 Å². The molecule has 1 aliphatic carbocycles. The number of nitrogens with zero attached hydrogens (tertiary/aromatic N) is 1. The molecule has 0 radical (unpaired) electrons. The van der Waals surface area contributed by atoms with E-state index in [-0.39, 0.29) is 24.5 Å². The molecule has 184 valence electrons. The SMILES string of the molecule is COc1ccc(CN(C(=O)COc2ccc(C(C)C)cc2Br)[C@@H](C)C(=O)NC2CCCC2)cc1. The molecule has 0 aromatic heterocycles. The maximum Gasteiger partial charge on any atom is 0.261 e. The molecule has 0 bridgehead atoms. The molecule has 3 rings (SSSR count). The molecule has 1 atom stereocenters. The lowest BCUT2D eigenvalue weighted by Gasteiger charge is -2.29. The predicted molar refractivity (Wildman–Crippen MR) is 137 cm³/mol. The van der Waals surface area contributed by atoms with Crippen LogP contribution in [0.3, 0.4) is 0 Å². The summed E-state index contributed by atoms with van der Waals surface area (Å²) in [6, 6.07) is 13.0. The molecule has 34 heavy (non-hydrogen) atoms. The summed E-state index contributed by atoms with van der Waals surface area (Å²) in [6.45, 7) is 6.18. The maximum atomic E-state index is 13.3. The Balaban J connectivity index is 1.72. The lowest BCUT2D eigenvalue weighted by molar-refractivity contribution is -0.142. The van der Waals surface area contributed by atoms with Gasteiger partial charge in [0.1, 0.15) is 17.5 Å². The van der Waals surface area contributed by atoms with E-state index in [9.17, 15) is 9.59 Å². The zero-order valence-electron chi connectivity index (χ0n) is 20.5.